The SMILES string of the molecule is CCOCc1ccccc1NC1CC2CC1C1CCCC21. The third-order valence-corrected chi connectivity index (χ3v) is 6.25. The van der Waals surface area contributed by atoms with E-state index < -0.39 is 0 Å². The number of anilines is 1. The van der Waals surface area contributed by atoms with Crippen molar-refractivity contribution in [3.8, 4) is 0 Å². The maximum atomic E-state index is 5.62. The molecule has 5 unspecified atom stereocenters. The summed E-state index contributed by atoms with van der Waals surface area (Å²) in [5.41, 5.74) is 2.61. The highest BCUT2D eigenvalue weighted by atomic mass is 16.5. The summed E-state index contributed by atoms with van der Waals surface area (Å²) in [5.74, 6) is 4.05. The van der Waals surface area contributed by atoms with Crippen molar-refractivity contribution in [1.29, 1.82) is 0 Å². The van der Waals surface area contributed by atoms with Crippen molar-refractivity contribution in [3.63, 3.8) is 0 Å². The minimum Gasteiger partial charge on any atom is -0.382 e. The quantitative estimate of drug-likeness (QED) is 0.862. The molecule has 1 N–H and O–H groups in total. The van der Waals surface area contributed by atoms with Crippen molar-refractivity contribution in [2.75, 3.05) is 11.9 Å². The molecular weight excluding hydrogens is 258 g/mol. The fourth-order valence-electron chi connectivity index (χ4n) is 5.43. The molecule has 0 aliphatic heterocycles. The van der Waals surface area contributed by atoms with Gasteiger partial charge in [0.15, 0.2) is 0 Å². The summed E-state index contributed by atoms with van der Waals surface area (Å²) in [5, 5.41) is 3.88. The molecule has 3 saturated carbocycles. The number of ether oxygens (including phenoxy) is 1. The van der Waals surface area contributed by atoms with Gasteiger partial charge in [-0.15, -0.1) is 0 Å². The number of nitrogens with one attached hydrogen (secondary N) is 1. The molecule has 0 saturated heterocycles. The van der Waals surface area contributed by atoms with E-state index in [0.29, 0.717) is 6.04 Å². The molecule has 0 aromatic heterocycles. The second-order valence-corrected chi connectivity index (χ2v) is 7.20. The van der Waals surface area contributed by atoms with E-state index >= 15 is 0 Å². The molecular formula is C19H27NO. The first-order valence-corrected chi connectivity index (χ1v) is 8.79. The van der Waals surface area contributed by atoms with Crippen molar-refractivity contribution in [2.24, 2.45) is 23.7 Å². The highest BCUT2D eigenvalue weighted by Gasteiger charge is 2.53. The fraction of sp³-hybridized carbons (Fsp3) is 0.684. The zero-order chi connectivity index (χ0) is 14.2. The predicted molar refractivity (Wildman–Crippen MR) is 86.2 cm³/mol. The van der Waals surface area contributed by atoms with Gasteiger partial charge < -0.3 is 10.1 Å². The normalized spacial score (nSPS) is 36.9. The maximum absolute atomic E-state index is 5.62. The summed E-state index contributed by atoms with van der Waals surface area (Å²) < 4.78 is 5.62. The monoisotopic (exact) mass is 285 g/mol. The van der Waals surface area contributed by atoms with Gasteiger partial charge in [0.1, 0.15) is 0 Å². The Hall–Kier alpha value is -1.02. The Kier molecular flexibility index (Phi) is 3.66. The highest BCUT2D eigenvalue weighted by molar-refractivity contribution is 5.52. The predicted octanol–water partition coefficient (Wildman–Crippen LogP) is 4.46. The van der Waals surface area contributed by atoms with E-state index in [1.807, 2.05) is 0 Å². The summed E-state index contributed by atoms with van der Waals surface area (Å²) in [6.45, 7) is 3.57. The van der Waals surface area contributed by atoms with E-state index in [2.05, 4.69) is 36.5 Å². The summed E-state index contributed by atoms with van der Waals surface area (Å²) in [4.78, 5) is 0. The molecule has 2 nitrogen and oxygen atoms in total. The zero-order valence-electron chi connectivity index (χ0n) is 13.1. The molecule has 2 bridgehead atoms. The lowest BCUT2D eigenvalue weighted by Gasteiger charge is -2.33. The minimum atomic E-state index is 0.706. The Bertz CT molecular complexity index is 500. The van der Waals surface area contributed by atoms with Gasteiger partial charge in [0.05, 0.1) is 6.61 Å². The van der Waals surface area contributed by atoms with Crippen LogP contribution in [-0.2, 0) is 11.3 Å². The topological polar surface area (TPSA) is 21.3 Å². The Morgan fingerprint density at radius 1 is 1.10 bits per heavy atom. The molecule has 1 aromatic carbocycles. The lowest BCUT2D eigenvalue weighted by molar-refractivity contribution is 0.134. The van der Waals surface area contributed by atoms with E-state index in [1.54, 1.807) is 0 Å². The Labute approximate surface area is 128 Å². The molecule has 0 amide bonds. The molecule has 2 heteroatoms. The molecule has 114 valence electrons. The van der Waals surface area contributed by atoms with E-state index in [9.17, 15) is 0 Å². The number of para-hydroxylation sites is 1. The number of hydrogen-bond donors (Lipinski definition) is 1. The second-order valence-electron chi connectivity index (χ2n) is 7.20. The van der Waals surface area contributed by atoms with Crippen LogP contribution in [0.15, 0.2) is 24.3 Å². The smallest absolute Gasteiger partial charge is 0.0736 e. The van der Waals surface area contributed by atoms with E-state index in [0.717, 1.165) is 36.9 Å². The Morgan fingerprint density at radius 2 is 1.95 bits per heavy atom. The van der Waals surface area contributed by atoms with Crippen molar-refractivity contribution < 1.29 is 4.74 Å². The van der Waals surface area contributed by atoms with E-state index in [-0.39, 0.29) is 0 Å². The average molecular weight is 285 g/mol. The van der Waals surface area contributed by atoms with Gasteiger partial charge in [-0.25, -0.2) is 0 Å². The van der Waals surface area contributed by atoms with Gasteiger partial charge in [0.2, 0.25) is 0 Å². The van der Waals surface area contributed by atoms with Crippen LogP contribution >= 0.6 is 0 Å². The molecule has 4 rings (SSSR count). The maximum Gasteiger partial charge on any atom is 0.0736 e. The van der Waals surface area contributed by atoms with Gasteiger partial charge in [-0.3, -0.25) is 0 Å². The van der Waals surface area contributed by atoms with Crippen LogP contribution in [0.2, 0.25) is 0 Å². The van der Waals surface area contributed by atoms with Crippen LogP contribution in [-0.4, -0.2) is 12.6 Å². The van der Waals surface area contributed by atoms with Crippen LogP contribution in [0.5, 0.6) is 0 Å². The van der Waals surface area contributed by atoms with Gasteiger partial charge in [-0.05, 0) is 62.3 Å². The van der Waals surface area contributed by atoms with Gasteiger partial charge >= 0.3 is 0 Å². The molecule has 3 aliphatic carbocycles. The summed E-state index contributed by atoms with van der Waals surface area (Å²) in [6, 6.07) is 9.39. The summed E-state index contributed by atoms with van der Waals surface area (Å²) >= 11 is 0. The molecule has 0 spiro atoms. The Balaban J connectivity index is 1.47. The van der Waals surface area contributed by atoms with Gasteiger partial charge in [-0.2, -0.15) is 0 Å². The van der Waals surface area contributed by atoms with Crippen molar-refractivity contribution in [2.45, 2.75) is 51.7 Å². The molecule has 5 atom stereocenters. The largest absolute Gasteiger partial charge is 0.382 e. The molecule has 1 aromatic rings. The van der Waals surface area contributed by atoms with Gasteiger partial charge in [-0.1, -0.05) is 24.6 Å². The average Bonchev–Trinajstić information content (AvgIpc) is 3.18. The minimum absolute atomic E-state index is 0.706. The molecule has 0 radical (unpaired) electrons. The molecule has 21 heavy (non-hydrogen) atoms. The van der Waals surface area contributed by atoms with Crippen LogP contribution in [0.25, 0.3) is 0 Å². The first kappa shape index (κ1) is 13.6. The number of fused-ring (bicyclic) bond motifs is 5. The summed E-state index contributed by atoms with van der Waals surface area (Å²) in [6.07, 6.45) is 7.37. The van der Waals surface area contributed by atoms with Crippen LogP contribution in [0.1, 0.15) is 44.6 Å². The van der Waals surface area contributed by atoms with Crippen LogP contribution in [0.3, 0.4) is 0 Å². The van der Waals surface area contributed by atoms with Gasteiger partial charge in [0, 0.05) is 23.9 Å². The third kappa shape index (κ3) is 2.38. The van der Waals surface area contributed by atoms with Crippen LogP contribution < -0.4 is 5.32 Å². The summed E-state index contributed by atoms with van der Waals surface area (Å²) in [7, 11) is 0. The number of benzene rings is 1. The van der Waals surface area contributed by atoms with E-state index in [4.69, 9.17) is 4.74 Å². The third-order valence-electron chi connectivity index (χ3n) is 6.25. The van der Waals surface area contributed by atoms with Crippen molar-refractivity contribution in [1.82, 2.24) is 0 Å². The second kappa shape index (κ2) is 5.64. The van der Waals surface area contributed by atoms with Gasteiger partial charge in [0.25, 0.3) is 0 Å². The lowest BCUT2D eigenvalue weighted by atomic mass is 9.79. The van der Waals surface area contributed by atoms with Crippen LogP contribution in [0, 0.1) is 23.7 Å². The first-order chi connectivity index (χ1) is 10.4. The lowest BCUT2D eigenvalue weighted by Crippen LogP contribution is -2.34. The molecule has 0 heterocycles. The highest BCUT2D eigenvalue weighted by Crippen LogP contribution is 2.59. The molecule has 3 fully saturated rings. The first-order valence-electron chi connectivity index (χ1n) is 8.79. The standard InChI is InChI=1S/C19H27NO/c1-2-21-12-13-6-3-4-9-18(13)20-19-11-14-10-17(19)16-8-5-7-15(14)16/h3-4,6,9,14-17,19-20H,2,5,7-8,10-12H2,1H3. The Morgan fingerprint density at radius 3 is 2.86 bits per heavy atom. The van der Waals surface area contributed by atoms with Crippen LogP contribution in [0.4, 0.5) is 5.69 Å². The van der Waals surface area contributed by atoms with Crippen molar-refractivity contribution in [3.05, 3.63) is 29.8 Å². The van der Waals surface area contributed by atoms with Crippen molar-refractivity contribution >= 4 is 5.69 Å². The number of hydrogen-bond acceptors (Lipinski definition) is 2. The number of rotatable bonds is 5. The fourth-order valence-corrected chi connectivity index (χ4v) is 5.43. The van der Waals surface area contributed by atoms with E-state index in [1.165, 1.54) is 43.4 Å². The zero-order valence-corrected chi connectivity index (χ0v) is 13.1. The molecule has 3 aliphatic rings.